The second-order valence-electron chi connectivity index (χ2n) is 10.1. The molecule has 0 spiro atoms. The summed E-state index contributed by atoms with van der Waals surface area (Å²) in [4.78, 5) is 25.6. The molecule has 39 heavy (non-hydrogen) atoms. The van der Waals surface area contributed by atoms with E-state index in [1.54, 1.807) is 23.6 Å². The SMILES string of the molecule is CC(C)(C)OC(=O)NC/C=C\CCl.CC/C=C\CN(C)C[C@H]1O[C@@H](n2c(C)nc3c(N)ncnc32)[C@H](O)[C@@H]1O. The summed E-state index contributed by atoms with van der Waals surface area (Å²) in [5, 5.41) is 23.6. The number of rotatable bonds is 9. The van der Waals surface area contributed by atoms with Gasteiger partial charge in [-0.1, -0.05) is 31.2 Å². The summed E-state index contributed by atoms with van der Waals surface area (Å²) < 4.78 is 12.7. The van der Waals surface area contributed by atoms with Gasteiger partial charge in [-0.3, -0.25) is 4.57 Å². The van der Waals surface area contributed by atoms with Gasteiger partial charge < -0.3 is 35.6 Å². The molecule has 1 aliphatic heterocycles. The highest BCUT2D eigenvalue weighted by Crippen LogP contribution is 2.33. The van der Waals surface area contributed by atoms with E-state index in [1.165, 1.54) is 6.33 Å². The van der Waals surface area contributed by atoms with Gasteiger partial charge in [-0.25, -0.2) is 19.7 Å². The highest BCUT2D eigenvalue weighted by Gasteiger charge is 2.45. The van der Waals surface area contributed by atoms with Crippen LogP contribution in [0, 0.1) is 6.92 Å². The molecule has 0 saturated carbocycles. The van der Waals surface area contributed by atoms with Gasteiger partial charge in [-0.15, -0.1) is 11.6 Å². The predicted molar refractivity (Wildman–Crippen MR) is 151 cm³/mol. The van der Waals surface area contributed by atoms with E-state index in [0.717, 1.165) is 13.0 Å². The zero-order chi connectivity index (χ0) is 29.2. The zero-order valence-corrected chi connectivity index (χ0v) is 24.3. The Bertz CT molecular complexity index is 1120. The van der Waals surface area contributed by atoms with Gasteiger partial charge in [0.25, 0.3) is 0 Å². The number of fused-ring (bicyclic) bond motifs is 1. The Morgan fingerprint density at radius 1 is 1.26 bits per heavy atom. The Labute approximate surface area is 234 Å². The van der Waals surface area contributed by atoms with E-state index >= 15 is 0 Å². The first-order valence-electron chi connectivity index (χ1n) is 12.9. The number of hydrogen-bond donors (Lipinski definition) is 4. The number of amides is 1. The van der Waals surface area contributed by atoms with Crippen LogP contribution < -0.4 is 11.1 Å². The van der Waals surface area contributed by atoms with Gasteiger partial charge in [-0.2, -0.15) is 0 Å². The second kappa shape index (κ2) is 15.1. The molecule has 4 atom stereocenters. The number of nitrogens with zero attached hydrogens (tertiary/aromatic N) is 5. The molecule has 2 aromatic heterocycles. The summed E-state index contributed by atoms with van der Waals surface area (Å²) in [6.45, 7) is 11.0. The van der Waals surface area contributed by atoms with Gasteiger partial charge in [-0.05, 0) is 41.2 Å². The molecule has 3 heterocycles. The van der Waals surface area contributed by atoms with Gasteiger partial charge in [0.05, 0.1) is 0 Å². The predicted octanol–water partition coefficient (Wildman–Crippen LogP) is 2.54. The largest absolute Gasteiger partial charge is 0.444 e. The Morgan fingerprint density at radius 2 is 1.97 bits per heavy atom. The molecular weight excluding hydrogens is 526 g/mol. The van der Waals surface area contributed by atoms with Crippen molar-refractivity contribution in [3.05, 3.63) is 36.5 Å². The highest BCUT2D eigenvalue weighted by molar-refractivity contribution is 6.18. The summed E-state index contributed by atoms with van der Waals surface area (Å²) in [5.41, 5.74) is 6.35. The number of likely N-dealkylation sites (N-methyl/N-ethyl adjacent to an activating group) is 1. The van der Waals surface area contributed by atoms with Crippen molar-refractivity contribution in [3.63, 3.8) is 0 Å². The maximum Gasteiger partial charge on any atom is 0.407 e. The molecule has 218 valence electrons. The van der Waals surface area contributed by atoms with Crippen molar-refractivity contribution in [1.29, 1.82) is 0 Å². The lowest BCUT2D eigenvalue weighted by Crippen LogP contribution is -2.38. The Hall–Kier alpha value is -2.77. The van der Waals surface area contributed by atoms with Crippen molar-refractivity contribution in [1.82, 2.24) is 29.7 Å². The van der Waals surface area contributed by atoms with Crippen LogP contribution >= 0.6 is 11.6 Å². The lowest BCUT2D eigenvalue weighted by molar-refractivity contribution is -0.0424. The maximum atomic E-state index is 11.0. The van der Waals surface area contributed by atoms with E-state index in [0.29, 0.717) is 36.0 Å². The van der Waals surface area contributed by atoms with Gasteiger partial charge in [0, 0.05) is 25.5 Å². The third kappa shape index (κ3) is 9.73. The smallest absolute Gasteiger partial charge is 0.407 e. The third-order valence-corrected chi connectivity index (χ3v) is 5.78. The van der Waals surface area contributed by atoms with Crippen LogP contribution in [-0.2, 0) is 9.47 Å². The molecule has 1 saturated heterocycles. The number of nitrogens with one attached hydrogen (secondary N) is 1. The number of aliphatic hydroxyl groups excluding tert-OH is 2. The first-order valence-corrected chi connectivity index (χ1v) is 13.4. The molecule has 2 aromatic rings. The van der Waals surface area contributed by atoms with E-state index in [4.69, 9.17) is 26.8 Å². The average Bonchev–Trinajstić information content (AvgIpc) is 3.33. The molecule has 0 unspecified atom stereocenters. The third-order valence-electron chi connectivity index (χ3n) is 5.60. The molecule has 3 rings (SSSR count). The Kier molecular flexibility index (Phi) is 12.6. The number of hydrogen-bond acceptors (Lipinski definition) is 10. The summed E-state index contributed by atoms with van der Waals surface area (Å²) in [6.07, 6.45) is 6.21. The first kappa shape index (κ1) is 32.4. The van der Waals surface area contributed by atoms with Crippen LogP contribution in [0.25, 0.3) is 11.2 Å². The van der Waals surface area contributed by atoms with Crippen molar-refractivity contribution in [2.24, 2.45) is 0 Å². The number of nitrogen functional groups attached to an aromatic ring is 1. The molecule has 0 aromatic carbocycles. The molecule has 0 bridgehead atoms. The number of alkyl carbamates (subject to hydrolysis) is 1. The summed E-state index contributed by atoms with van der Waals surface area (Å²) in [7, 11) is 1.95. The van der Waals surface area contributed by atoms with Crippen molar-refractivity contribution in [2.45, 2.75) is 71.2 Å². The minimum Gasteiger partial charge on any atom is -0.444 e. The van der Waals surface area contributed by atoms with Crippen LogP contribution in [0.15, 0.2) is 30.6 Å². The van der Waals surface area contributed by atoms with Gasteiger partial charge in [0.15, 0.2) is 23.2 Å². The molecule has 1 aliphatic rings. The standard InChI is InChI=1S/C17H26N6O3.C9H16ClNO2/c1-4-5-6-7-22(3)8-11-13(24)14(25)17(26-11)23-10(2)21-12-15(18)19-9-20-16(12)23;1-9(2,3)13-8(12)11-7-5-4-6-10/h5-6,9,11,13-14,17,24-25H,4,7-8H2,1-3H3,(H2,18,19,20);4-5H,6-7H2,1-3H3,(H,11,12)/b6-5-;5-4-/t11-,13-,14-,17-;/m1./s1. The van der Waals surface area contributed by atoms with E-state index in [-0.39, 0.29) is 5.82 Å². The summed E-state index contributed by atoms with van der Waals surface area (Å²) in [6, 6.07) is 0. The van der Waals surface area contributed by atoms with Crippen LogP contribution in [0.2, 0.25) is 0 Å². The summed E-state index contributed by atoms with van der Waals surface area (Å²) in [5.74, 6) is 1.31. The lowest BCUT2D eigenvalue weighted by Gasteiger charge is -2.21. The topological polar surface area (TPSA) is 161 Å². The lowest BCUT2D eigenvalue weighted by atomic mass is 10.1. The number of anilines is 1. The number of allylic oxidation sites excluding steroid dienone is 2. The van der Waals surface area contributed by atoms with Crippen LogP contribution in [0.3, 0.4) is 0 Å². The number of carbonyl (C=O) groups excluding carboxylic acids is 1. The van der Waals surface area contributed by atoms with Crippen molar-refractivity contribution in [3.8, 4) is 0 Å². The van der Waals surface area contributed by atoms with Crippen molar-refractivity contribution in [2.75, 3.05) is 38.3 Å². The maximum absolute atomic E-state index is 11.0. The fraction of sp³-hybridized carbons (Fsp3) is 0.615. The average molecular weight is 568 g/mol. The van der Waals surface area contributed by atoms with Crippen LogP contribution in [-0.4, -0.2) is 97.2 Å². The van der Waals surface area contributed by atoms with Gasteiger partial charge in [0.2, 0.25) is 0 Å². The highest BCUT2D eigenvalue weighted by atomic mass is 35.5. The van der Waals surface area contributed by atoms with E-state index in [9.17, 15) is 15.0 Å². The number of imidazole rings is 1. The molecule has 5 N–H and O–H groups in total. The minimum atomic E-state index is -1.09. The number of aryl methyl sites for hydroxylation is 1. The normalized spacial score (nSPS) is 21.6. The second-order valence-corrected chi connectivity index (χ2v) is 10.4. The molecule has 0 aliphatic carbocycles. The molecule has 13 heteroatoms. The zero-order valence-electron chi connectivity index (χ0n) is 23.5. The fourth-order valence-electron chi connectivity index (χ4n) is 3.84. The molecular formula is C26H42ClN7O5. The number of aliphatic hydroxyl groups is 2. The van der Waals surface area contributed by atoms with Crippen molar-refractivity contribution < 1.29 is 24.5 Å². The van der Waals surface area contributed by atoms with E-state index < -0.39 is 36.2 Å². The van der Waals surface area contributed by atoms with Gasteiger partial charge >= 0.3 is 6.09 Å². The van der Waals surface area contributed by atoms with E-state index in [1.807, 2.05) is 32.7 Å². The van der Waals surface area contributed by atoms with Crippen LogP contribution in [0.5, 0.6) is 0 Å². The van der Waals surface area contributed by atoms with E-state index in [2.05, 4.69) is 39.3 Å². The number of aromatic nitrogens is 4. The number of ether oxygens (including phenoxy) is 2. The number of halogens is 1. The molecule has 12 nitrogen and oxygen atoms in total. The monoisotopic (exact) mass is 567 g/mol. The molecule has 1 fully saturated rings. The van der Waals surface area contributed by atoms with Crippen molar-refractivity contribution >= 4 is 34.7 Å². The number of nitrogens with two attached hydrogens (primary N) is 1. The number of alkyl halides is 1. The Morgan fingerprint density at radius 3 is 2.62 bits per heavy atom. The quantitative estimate of drug-likeness (QED) is 0.262. The Balaban J connectivity index is 0.000000349. The van der Waals surface area contributed by atoms with Crippen LogP contribution in [0.1, 0.15) is 46.2 Å². The van der Waals surface area contributed by atoms with Gasteiger partial charge in [0.1, 0.15) is 36.1 Å². The first-order chi connectivity index (χ1) is 18.4. The molecule has 1 amide bonds. The summed E-state index contributed by atoms with van der Waals surface area (Å²) >= 11 is 5.39. The number of carbonyl (C=O) groups is 1. The minimum absolute atomic E-state index is 0.267. The van der Waals surface area contributed by atoms with Crippen LogP contribution in [0.4, 0.5) is 10.6 Å². The fourth-order valence-corrected chi connectivity index (χ4v) is 3.96. The molecule has 0 radical (unpaired) electrons.